The molecule has 0 spiro atoms. The van der Waals surface area contributed by atoms with E-state index >= 15 is 0 Å². The van der Waals surface area contributed by atoms with Crippen LogP contribution < -0.4 is 10.6 Å². The number of amides is 3. The van der Waals surface area contributed by atoms with Gasteiger partial charge in [-0.3, -0.25) is 19.7 Å². The van der Waals surface area contributed by atoms with Crippen LogP contribution in [0.3, 0.4) is 0 Å². The van der Waals surface area contributed by atoms with Crippen LogP contribution in [0, 0.1) is 0 Å². The lowest BCUT2D eigenvalue weighted by atomic mass is 9.72. The predicted octanol–water partition coefficient (Wildman–Crippen LogP) is 5.04. The van der Waals surface area contributed by atoms with Crippen LogP contribution in [0.2, 0.25) is 5.02 Å². The van der Waals surface area contributed by atoms with Gasteiger partial charge in [0.05, 0.1) is 11.0 Å². The van der Waals surface area contributed by atoms with Gasteiger partial charge in [0.1, 0.15) is 0 Å². The van der Waals surface area contributed by atoms with Gasteiger partial charge in [0.25, 0.3) is 5.91 Å². The minimum atomic E-state index is -1.02. The van der Waals surface area contributed by atoms with Crippen molar-refractivity contribution in [3.05, 3.63) is 88.4 Å². The average Bonchev–Trinajstić information content (AvgIpc) is 2.85. The van der Waals surface area contributed by atoms with Gasteiger partial charge >= 0.3 is 5.97 Å². The van der Waals surface area contributed by atoms with E-state index in [1.165, 1.54) is 12.1 Å². The highest BCUT2D eigenvalue weighted by Gasteiger charge is 2.42. The molecule has 8 heteroatoms. The number of carbonyl (C=O) groups is 4. The van der Waals surface area contributed by atoms with Crippen LogP contribution in [0.25, 0.3) is 11.1 Å². The molecule has 1 atom stereocenters. The van der Waals surface area contributed by atoms with E-state index in [0.29, 0.717) is 40.2 Å². The molecule has 1 aliphatic heterocycles. The average molecular weight is 491 g/mol. The molecule has 1 saturated heterocycles. The van der Waals surface area contributed by atoms with Crippen LogP contribution in [0.5, 0.6) is 0 Å². The number of hydrogen-bond acceptors (Lipinski definition) is 4. The van der Waals surface area contributed by atoms with Crippen LogP contribution >= 0.6 is 11.6 Å². The Morgan fingerprint density at radius 2 is 1.66 bits per heavy atom. The summed E-state index contributed by atoms with van der Waals surface area (Å²) in [6.45, 7) is 1.92. The Bertz CT molecular complexity index is 1320. The quantitative estimate of drug-likeness (QED) is 0.419. The summed E-state index contributed by atoms with van der Waals surface area (Å²) in [5.74, 6) is -1.92. The Hall–Kier alpha value is -3.97. The number of anilines is 1. The minimum absolute atomic E-state index is 0.157. The zero-order valence-corrected chi connectivity index (χ0v) is 19.7. The van der Waals surface area contributed by atoms with Gasteiger partial charge in [-0.1, -0.05) is 42.8 Å². The highest BCUT2D eigenvalue weighted by molar-refractivity contribution is 6.33. The van der Waals surface area contributed by atoms with Crippen molar-refractivity contribution in [3.8, 4) is 11.1 Å². The summed E-state index contributed by atoms with van der Waals surface area (Å²) in [4.78, 5) is 48.2. The lowest BCUT2D eigenvalue weighted by Gasteiger charge is -2.35. The molecular weight excluding hydrogens is 468 g/mol. The van der Waals surface area contributed by atoms with Crippen LogP contribution in [-0.4, -0.2) is 28.8 Å². The summed E-state index contributed by atoms with van der Waals surface area (Å²) in [5, 5.41) is 14.8. The molecule has 1 unspecified atom stereocenters. The molecule has 0 radical (unpaired) electrons. The molecule has 7 nitrogen and oxygen atoms in total. The van der Waals surface area contributed by atoms with Gasteiger partial charge in [0.15, 0.2) is 0 Å². The van der Waals surface area contributed by atoms with Crippen LogP contribution in [0.15, 0.2) is 66.7 Å². The molecule has 0 aliphatic carbocycles. The molecule has 1 heterocycles. The maximum absolute atomic E-state index is 12.9. The lowest BCUT2D eigenvalue weighted by molar-refractivity contribution is -0.138. The summed E-state index contributed by atoms with van der Waals surface area (Å²) in [5.41, 5.74) is 2.41. The molecule has 1 fully saturated rings. The molecule has 178 valence electrons. The van der Waals surface area contributed by atoms with E-state index in [0.717, 1.165) is 5.56 Å². The summed E-state index contributed by atoms with van der Waals surface area (Å²) >= 11 is 6.34. The monoisotopic (exact) mass is 490 g/mol. The van der Waals surface area contributed by atoms with Crippen molar-refractivity contribution in [1.29, 1.82) is 0 Å². The van der Waals surface area contributed by atoms with Gasteiger partial charge < -0.3 is 10.4 Å². The first-order chi connectivity index (χ1) is 16.7. The molecule has 3 amide bonds. The van der Waals surface area contributed by atoms with E-state index in [2.05, 4.69) is 10.6 Å². The number of benzene rings is 3. The van der Waals surface area contributed by atoms with Gasteiger partial charge in [0.2, 0.25) is 11.8 Å². The first-order valence-electron chi connectivity index (χ1n) is 11.1. The number of piperidine rings is 1. The van der Waals surface area contributed by atoms with Crippen molar-refractivity contribution < 1.29 is 24.3 Å². The summed E-state index contributed by atoms with van der Waals surface area (Å²) in [7, 11) is 0. The summed E-state index contributed by atoms with van der Waals surface area (Å²) in [6, 6.07) is 18.2. The Balaban J connectivity index is 1.53. The van der Waals surface area contributed by atoms with Gasteiger partial charge in [-0.2, -0.15) is 0 Å². The van der Waals surface area contributed by atoms with Crippen molar-refractivity contribution in [1.82, 2.24) is 5.32 Å². The summed E-state index contributed by atoms with van der Waals surface area (Å²) < 4.78 is 0. The van der Waals surface area contributed by atoms with Crippen LogP contribution in [-0.2, 0) is 15.0 Å². The normalized spacial score (nSPS) is 17.5. The lowest BCUT2D eigenvalue weighted by Crippen LogP contribution is -2.51. The Morgan fingerprint density at radius 3 is 2.26 bits per heavy atom. The Morgan fingerprint density at radius 1 is 1.00 bits per heavy atom. The van der Waals surface area contributed by atoms with Gasteiger partial charge in [-0.15, -0.1) is 0 Å². The van der Waals surface area contributed by atoms with E-state index in [1.807, 2.05) is 6.92 Å². The molecule has 4 rings (SSSR count). The fourth-order valence-corrected chi connectivity index (χ4v) is 4.55. The second kappa shape index (κ2) is 9.72. The first-order valence-corrected chi connectivity index (χ1v) is 11.5. The number of carboxylic acid groups (broad SMARTS) is 1. The number of rotatable bonds is 6. The molecule has 35 heavy (non-hydrogen) atoms. The van der Waals surface area contributed by atoms with E-state index in [1.54, 1.807) is 54.6 Å². The number of imide groups is 1. The van der Waals surface area contributed by atoms with E-state index < -0.39 is 11.4 Å². The molecule has 3 aromatic carbocycles. The molecule has 1 aliphatic rings. The highest BCUT2D eigenvalue weighted by atomic mass is 35.5. The van der Waals surface area contributed by atoms with Crippen LogP contribution in [0.1, 0.15) is 52.5 Å². The van der Waals surface area contributed by atoms with Gasteiger partial charge in [0, 0.05) is 28.3 Å². The van der Waals surface area contributed by atoms with Crippen molar-refractivity contribution in [2.24, 2.45) is 0 Å². The number of nitrogens with one attached hydrogen (secondary N) is 2. The Labute approximate surface area is 207 Å². The predicted molar refractivity (Wildman–Crippen MR) is 133 cm³/mol. The van der Waals surface area contributed by atoms with E-state index in [-0.39, 0.29) is 29.7 Å². The second-order valence-corrected chi connectivity index (χ2v) is 8.83. The number of halogens is 1. The van der Waals surface area contributed by atoms with Crippen molar-refractivity contribution >= 4 is 41.0 Å². The third-order valence-electron chi connectivity index (χ3n) is 6.44. The third kappa shape index (κ3) is 4.81. The van der Waals surface area contributed by atoms with Gasteiger partial charge in [-0.05, 0) is 66.4 Å². The minimum Gasteiger partial charge on any atom is -0.478 e. The molecule has 0 aromatic heterocycles. The maximum Gasteiger partial charge on any atom is 0.335 e. The number of carbonyl (C=O) groups excluding carboxylic acids is 3. The zero-order valence-electron chi connectivity index (χ0n) is 18.9. The summed E-state index contributed by atoms with van der Waals surface area (Å²) in [6.07, 6.45) is 1.29. The fraction of sp³-hybridized carbons (Fsp3) is 0.185. The highest BCUT2D eigenvalue weighted by Crippen LogP contribution is 2.36. The van der Waals surface area contributed by atoms with Crippen LogP contribution in [0.4, 0.5) is 5.69 Å². The van der Waals surface area contributed by atoms with Crippen molar-refractivity contribution in [3.63, 3.8) is 0 Å². The van der Waals surface area contributed by atoms with E-state index in [4.69, 9.17) is 16.7 Å². The van der Waals surface area contributed by atoms with E-state index in [9.17, 15) is 19.2 Å². The maximum atomic E-state index is 12.9. The topological polar surface area (TPSA) is 113 Å². The fourth-order valence-electron chi connectivity index (χ4n) is 4.32. The third-order valence-corrected chi connectivity index (χ3v) is 6.77. The molecule has 3 N–H and O–H groups in total. The first kappa shape index (κ1) is 24.2. The molecule has 3 aromatic rings. The molecule has 0 bridgehead atoms. The van der Waals surface area contributed by atoms with Crippen molar-refractivity contribution in [2.45, 2.75) is 31.6 Å². The van der Waals surface area contributed by atoms with Crippen molar-refractivity contribution in [2.75, 3.05) is 5.32 Å². The Kier molecular flexibility index (Phi) is 6.71. The molecular formula is C27H23ClN2O5. The second-order valence-electron chi connectivity index (χ2n) is 8.42. The zero-order chi connectivity index (χ0) is 25.2. The smallest absolute Gasteiger partial charge is 0.335 e. The number of hydrogen-bond donors (Lipinski definition) is 3. The largest absolute Gasteiger partial charge is 0.478 e. The number of aromatic carboxylic acids is 1. The molecule has 0 saturated carbocycles. The standard InChI is InChI=1S/C27H23ClN2O5/c1-2-27(14-13-23(31)30-26(27)35)19-8-10-20(11-9-19)29-24(32)18-7-12-22(28)21(15-18)16-3-5-17(6-4-16)25(33)34/h3-12,15H,2,13-14H2,1H3,(H,29,32)(H,33,34)(H,30,31,35). The van der Waals surface area contributed by atoms with Gasteiger partial charge in [-0.25, -0.2) is 4.79 Å². The SMILES string of the molecule is CCC1(c2ccc(NC(=O)c3ccc(Cl)c(-c4ccc(C(=O)O)cc4)c3)cc2)CCC(=O)NC1=O. The number of carboxylic acids is 1.